The first-order valence-electron chi connectivity index (χ1n) is 12.4. The van der Waals surface area contributed by atoms with E-state index in [1.54, 1.807) is 46.8 Å². The molecule has 1 aromatic heterocycles. The molecule has 1 aliphatic carbocycles. The van der Waals surface area contributed by atoms with Gasteiger partial charge in [-0.25, -0.2) is 9.78 Å². The maximum Gasteiger partial charge on any atom is 0.417 e. The lowest BCUT2D eigenvalue weighted by Crippen LogP contribution is -2.44. The lowest BCUT2D eigenvalue weighted by molar-refractivity contribution is -0.137. The number of ether oxygens (including phenoxy) is 2. The van der Waals surface area contributed by atoms with Crippen molar-refractivity contribution in [2.75, 3.05) is 16.4 Å². The molecule has 1 saturated heterocycles. The van der Waals surface area contributed by atoms with E-state index in [1.807, 2.05) is 0 Å². The van der Waals surface area contributed by atoms with Crippen LogP contribution in [0.3, 0.4) is 0 Å². The fourth-order valence-corrected chi connectivity index (χ4v) is 4.76. The third kappa shape index (κ3) is 5.82. The minimum atomic E-state index is -4.79. The summed E-state index contributed by atoms with van der Waals surface area (Å²) >= 11 is 5.54. The molecular weight excluding hydrogens is 547 g/mol. The second-order valence-corrected chi connectivity index (χ2v) is 11.6. The Kier molecular flexibility index (Phi) is 7.21. The number of benzene rings is 1. The third-order valence-corrected chi connectivity index (χ3v) is 6.82. The second-order valence-electron chi connectivity index (χ2n) is 11.2. The van der Waals surface area contributed by atoms with Gasteiger partial charge in [0, 0.05) is 6.07 Å². The topological polar surface area (TPSA) is 108 Å². The Labute approximate surface area is 234 Å². The average molecular weight is 576 g/mol. The first-order chi connectivity index (χ1) is 18.5. The minimum Gasteiger partial charge on any atom is -0.475 e. The molecule has 0 radical (unpaired) electrons. The van der Waals surface area contributed by atoms with E-state index in [9.17, 15) is 22.8 Å². The molecule has 2 fully saturated rings. The van der Waals surface area contributed by atoms with Gasteiger partial charge in [0.1, 0.15) is 17.7 Å². The molecule has 1 aliphatic heterocycles. The van der Waals surface area contributed by atoms with Gasteiger partial charge >= 0.3 is 12.3 Å². The standard InChI is InChI=1S/C27H28F3N5O4S/c1-24(2,3)39-22(37)33-26(10-11-26)15-38-20-9-8-18(14-32-20)35-23(40)34(21(36)25(35,4)5)17-7-6-16(13-31)19(12-17)27(28,29)30/h6-9,12,14H,10-11,15H2,1-5H3,(H,33,37). The summed E-state index contributed by atoms with van der Waals surface area (Å²) in [6.45, 7) is 8.70. The highest BCUT2D eigenvalue weighted by atomic mass is 32.1. The molecule has 212 valence electrons. The first-order valence-corrected chi connectivity index (χ1v) is 12.8. The Morgan fingerprint density at radius 3 is 2.35 bits per heavy atom. The Morgan fingerprint density at radius 2 is 1.82 bits per heavy atom. The van der Waals surface area contributed by atoms with Crippen molar-refractivity contribution in [3.8, 4) is 11.9 Å². The summed E-state index contributed by atoms with van der Waals surface area (Å²) in [5.41, 5.74) is -3.79. The Balaban J connectivity index is 1.50. The number of anilines is 2. The van der Waals surface area contributed by atoms with E-state index in [0.29, 0.717) is 5.69 Å². The lowest BCUT2D eigenvalue weighted by atomic mass is 10.0. The SMILES string of the molecule is CC(C)(C)OC(=O)NC1(COc2ccc(N3C(=S)N(c4ccc(C#N)c(C(F)(F)F)c4)C(=O)C3(C)C)cn2)CC1. The first kappa shape index (κ1) is 29.1. The van der Waals surface area contributed by atoms with Crippen LogP contribution in [0, 0.1) is 11.3 Å². The Bertz CT molecular complexity index is 1390. The number of hydrogen-bond donors (Lipinski definition) is 1. The molecule has 2 amide bonds. The van der Waals surface area contributed by atoms with E-state index in [0.717, 1.165) is 29.9 Å². The molecule has 9 nitrogen and oxygen atoms in total. The number of halogens is 3. The van der Waals surface area contributed by atoms with E-state index in [2.05, 4.69) is 10.3 Å². The van der Waals surface area contributed by atoms with Crippen molar-refractivity contribution in [2.45, 2.75) is 70.3 Å². The van der Waals surface area contributed by atoms with Crippen molar-refractivity contribution < 1.29 is 32.2 Å². The molecule has 0 spiro atoms. The number of alkyl carbamates (subject to hydrolysis) is 1. The summed E-state index contributed by atoms with van der Waals surface area (Å²) in [6, 6.07) is 7.75. The van der Waals surface area contributed by atoms with Crippen LogP contribution in [0.1, 0.15) is 58.6 Å². The van der Waals surface area contributed by atoms with Gasteiger partial charge in [0.2, 0.25) is 5.88 Å². The number of rotatable bonds is 6. The van der Waals surface area contributed by atoms with Crippen molar-refractivity contribution in [1.82, 2.24) is 10.3 Å². The molecular formula is C27H28F3N5O4S. The molecule has 1 aromatic carbocycles. The van der Waals surface area contributed by atoms with Crippen LogP contribution in [0.25, 0.3) is 0 Å². The number of carbonyl (C=O) groups is 2. The number of aromatic nitrogens is 1. The van der Waals surface area contributed by atoms with Crippen molar-refractivity contribution in [3.05, 3.63) is 47.7 Å². The quantitative estimate of drug-likeness (QED) is 0.461. The van der Waals surface area contributed by atoms with E-state index in [1.165, 1.54) is 23.2 Å². The average Bonchev–Trinajstić information content (AvgIpc) is 3.57. The normalized spacial score (nSPS) is 17.9. The predicted octanol–water partition coefficient (Wildman–Crippen LogP) is 5.32. The number of amides is 2. The smallest absolute Gasteiger partial charge is 0.417 e. The number of carbonyl (C=O) groups excluding carboxylic acids is 2. The zero-order valence-electron chi connectivity index (χ0n) is 22.5. The molecule has 0 bridgehead atoms. The highest BCUT2D eigenvalue weighted by molar-refractivity contribution is 7.81. The van der Waals surface area contributed by atoms with Gasteiger partial charge in [-0.3, -0.25) is 9.69 Å². The van der Waals surface area contributed by atoms with E-state index in [-0.39, 0.29) is 23.3 Å². The molecule has 40 heavy (non-hydrogen) atoms. The zero-order chi connectivity index (χ0) is 29.7. The van der Waals surface area contributed by atoms with Gasteiger partial charge in [-0.2, -0.15) is 18.4 Å². The van der Waals surface area contributed by atoms with Gasteiger partial charge in [-0.05, 0) is 83.9 Å². The number of nitrogens with zero attached hydrogens (tertiary/aromatic N) is 4. The van der Waals surface area contributed by atoms with Crippen molar-refractivity contribution in [2.24, 2.45) is 0 Å². The molecule has 0 unspecified atom stereocenters. The van der Waals surface area contributed by atoms with Crippen LogP contribution in [0.15, 0.2) is 36.5 Å². The Hall–Kier alpha value is -3.92. The van der Waals surface area contributed by atoms with Crippen LogP contribution in [0.5, 0.6) is 5.88 Å². The number of nitrogens with one attached hydrogen (secondary N) is 1. The van der Waals surface area contributed by atoms with E-state index >= 15 is 0 Å². The van der Waals surface area contributed by atoms with Gasteiger partial charge in [0.25, 0.3) is 5.91 Å². The lowest BCUT2D eigenvalue weighted by Gasteiger charge is -2.29. The zero-order valence-corrected chi connectivity index (χ0v) is 23.4. The molecule has 1 saturated carbocycles. The second kappa shape index (κ2) is 9.92. The number of hydrogen-bond acceptors (Lipinski definition) is 7. The molecule has 4 rings (SSSR count). The van der Waals surface area contributed by atoms with Crippen LogP contribution < -0.4 is 19.9 Å². The number of nitriles is 1. The highest BCUT2D eigenvalue weighted by Crippen LogP contribution is 2.40. The van der Waals surface area contributed by atoms with Crippen LogP contribution in [0.2, 0.25) is 0 Å². The fraction of sp³-hybridized carbons (Fsp3) is 0.444. The minimum absolute atomic E-state index is 0.0400. The van der Waals surface area contributed by atoms with Crippen LogP contribution in [-0.2, 0) is 15.7 Å². The van der Waals surface area contributed by atoms with Gasteiger partial charge in [-0.15, -0.1) is 0 Å². The van der Waals surface area contributed by atoms with E-state index < -0.39 is 46.0 Å². The van der Waals surface area contributed by atoms with Crippen LogP contribution >= 0.6 is 12.2 Å². The van der Waals surface area contributed by atoms with Gasteiger partial charge < -0.3 is 19.7 Å². The summed E-state index contributed by atoms with van der Waals surface area (Å²) < 4.78 is 51.8. The summed E-state index contributed by atoms with van der Waals surface area (Å²) in [5, 5.41) is 11.9. The van der Waals surface area contributed by atoms with Crippen LogP contribution in [0.4, 0.5) is 29.3 Å². The summed E-state index contributed by atoms with van der Waals surface area (Å²) in [6.07, 6.45) is -2.42. The Morgan fingerprint density at radius 1 is 1.18 bits per heavy atom. The predicted molar refractivity (Wildman–Crippen MR) is 144 cm³/mol. The maximum atomic E-state index is 13.6. The van der Waals surface area contributed by atoms with Crippen molar-refractivity contribution in [3.63, 3.8) is 0 Å². The molecule has 0 atom stereocenters. The number of pyridine rings is 1. The van der Waals surface area contributed by atoms with Crippen molar-refractivity contribution in [1.29, 1.82) is 5.26 Å². The molecule has 2 heterocycles. The summed E-state index contributed by atoms with van der Waals surface area (Å²) in [5.74, 6) is -0.270. The molecule has 2 aliphatic rings. The van der Waals surface area contributed by atoms with Gasteiger partial charge in [0.15, 0.2) is 5.11 Å². The molecule has 2 aromatic rings. The third-order valence-electron chi connectivity index (χ3n) is 6.45. The number of alkyl halides is 3. The monoisotopic (exact) mass is 575 g/mol. The molecule has 1 N–H and O–H groups in total. The highest BCUT2D eigenvalue weighted by Gasteiger charge is 2.51. The largest absolute Gasteiger partial charge is 0.475 e. The summed E-state index contributed by atoms with van der Waals surface area (Å²) in [4.78, 5) is 32.3. The fourth-order valence-electron chi connectivity index (χ4n) is 4.24. The van der Waals surface area contributed by atoms with Gasteiger partial charge in [-0.1, -0.05) is 0 Å². The van der Waals surface area contributed by atoms with Gasteiger partial charge in [0.05, 0.1) is 40.3 Å². The van der Waals surface area contributed by atoms with Crippen molar-refractivity contribution >= 4 is 40.7 Å². The number of thiocarbonyl (C=S) groups is 1. The maximum absolute atomic E-state index is 13.6. The molecule has 13 heteroatoms. The van der Waals surface area contributed by atoms with Crippen LogP contribution in [-0.4, -0.2) is 45.4 Å². The van der Waals surface area contributed by atoms with E-state index in [4.69, 9.17) is 27.0 Å². The summed E-state index contributed by atoms with van der Waals surface area (Å²) in [7, 11) is 0.